The van der Waals surface area contributed by atoms with Crippen molar-refractivity contribution in [1.82, 2.24) is 9.97 Å². The first-order valence-electron chi connectivity index (χ1n) is 8.63. The summed E-state index contributed by atoms with van der Waals surface area (Å²) >= 11 is 0. The lowest BCUT2D eigenvalue weighted by atomic mass is 10.1. The molecule has 0 fully saturated rings. The molecule has 0 spiro atoms. The standard InChI is InChI=1S/C22H13F2N3O2/c23-15-4-1-3-13(9-15)22(29)26-17-11-14(10-16(24)12-17)21(28)20-7-6-18-19(27-20)5-2-8-25-18/h1-12H,(H,26,29). The zero-order chi connectivity index (χ0) is 20.4. The monoisotopic (exact) mass is 389 g/mol. The van der Waals surface area contributed by atoms with Crippen LogP contribution < -0.4 is 5.32 Å². The first-order valence-corrected chi connectivity index (χ1v) is 8.63. The van der Waals surface area contributed by atoms with E-state index in [1.54, 1.807) is 24.4 Å². The summed E-state index contributed by atoms with van der Waals surface area (Å²) in [6.07, 6.45) is 1.62. The predicted octanol–water partition coefficient (Wildman–Crippen LogP) is 4.39. The number of ketones is 1. The molecule has 0 aliphatic heterocycles. The number of amides is 1. The van der Waals surface area contributed by atoms with Gasteiger partial charge in [-0.05, 0) is 60.7 Å². The topological polar surface area (TPSA) is 72.0 Å². The zero-order valence-electron chi connectivity index (χ0n) is 14.9. The lowest BCUT2D eigenvalue weighted by molar-refractivity contribution is 0.101. The minimum Gasteiger partial charge on any atom is -0.322 e. The molecule has 7 heteroatoms. The van der Waals surface area contributed by atoms with Crippen molar-refractivity contribution in [1.29, 1.82) is 0 Å². The number of benzene rings is 2. The van der Waals surface area contributed by atoms with Gasteiger partial charge in [0.2, 0.25) is 5.78 Å². The molecule has 0 bridgehead atoms. The molecular weight excluding hydrogens is 376 g/mol. The number of carbonyl (C=O) groups excluding carboxylic acids is 2. The summed E-state index contributed by atoms with van der Waals surface area (Å²) in [5, 5.41) is 2.47. The van der Waals surface area contributed by atoms with Crippen molar-refractivity contribution < 1.29 is 18.4 Å². The van der Waals surface area contributed by atoms with Crippen LogP contribution in [-0.4, -0.2) is 21.7 Å². The van der Waals surface area contributed by atoms with Crippen molar-refractivity contribution in [3.05, 3.63) is 101 Å². The third-order valence-corrected chi connectivity index (χ3v) is 4.19. The SMILES string of the molecule is O=C(Nc1cc(F)cc(C(=O)c2ccc3ncccc3n2)c1)c1cccc(F)c1. The molecular formula is C22H13F2N3O2. The van der Waals surface area contributed by atoms with Gasteiger partial charge in [-0.15, -0.1) is 0 Å². The maximum absolute atomic E-state index is 14.1. The molecule has 0 unspecified atom stereocenters. The molecule has 2 heterocycles. The Morgan fingerprint density at radius 1 is 0.793 bits per heavy atom. The van der Waals surface area contributed by atoms with Gasteiger partial charge in [0.25, 0.3) is 5.91 Å². The maximum Gasteiger partial charge on any atom is 0.255 e. The van der Waals surface area contributed by atoms with Crippen molar-refractivity contribution >= 4 is 28.4 Å². The summed E-state index contributed by atoms with van der Waals surface area (Å²) in [5.74, 6) is -2.39. The average molecular weight is 389 g/mol. The maximum atomic E-state index is 14.1. The van der Waals surface area contributed by atoms with E-state index in [0.29, 0.717) is 11.0 Å². The summed E-state index contributed by atoms with van der Waals surface area (Å²) in [6, 6.07) is 15.2. The highest BCUT2D eigenvalue weighted by atomic mass is 19.1. The molecule has 1 N–H and O–H groups in total. The highest BCUT2D eigenvalue weighted by Crippen LogP contribution is 2.19. The smallest absolute Gasteiger partial charge is 0.255 e. The van der Waals surface area contributed by atoms with Crippen LogP contribution in [0.4, 0.5) is 14.5 Å². The molecule has 5 nitrogen and oxygen atoms in total. The Hall–Kier alpha value is -4.00. The quantitative estimate of drug-likeness (QED) is 0.526. The van der Waals surface area contributed by atoms with Gasteiger partial charge in [0.05, 0.1) is 11.0 Å². The second-order valence-corrected chi connectivity index (χ2v) is 6.26. The molecule has 0 aliphatic carbocycles. The van der Waals surface area contributed by atoms with E-state index in [4.69, 9.17) is 0 Å². The fourth-order valence-electron chi connectivity index (χ4n) is 2.86. The second-order valence-electron chi connectivity index (χ2n) is 6.26. The third kappa shape index (κ3) is 3.98. The summed E-state index contributed by atoms with van der Waals surface area (Å²) in [5.41, 5.74) is 1.46. The van der Waals surface area contributed by atoms with Crippen LogP contribution in [0.1, 0.15) is 26.4 Å². The fourth-order valence-corrected chi connectivity index (χ4v) is 2.86. The van der Waals surface area contributed by atoms with E-state index in [1.165, 1.54) is 30.3 Å². The average Bonchev–Trinajstić information content (AvgIpc) is 2.72. The van der Waals surface area contributed by atoms with Gasteiger partial charge in [-0.3, -0.25) is 14.6 Å². The number of aromatic nitrogens is 2. The molecule has 1 amide bonds. The minimum absolute atomic E-state index is 0.0234. The number of hydrogen-bond acceptors (Lipinski definition) is 4. The van der Waals surface area contributed by atoms with Gasteiger partial charge in [-0.2, -0.15) is 0 Å². The van der Waals surface area contributed by atoms with E-state index >= 15 is 0 Å². The molecule has 0 saturated carbocycles. The largest absolute Gasteiger partial charge is 0.322 e. The summed E-state index contributed by atoms with van der Waals surface area (Å²) in [4.78, 5) is 33.5. The van der Waals surface area contributed by atoms with Crippen LogP contribution in [0.2, 0.25) is 0 Å². The third-order valence-electron chi connectivity index (χ3n) is 4.19. The normalized spacial score (nSPS) is 10.7. The summed E-state index contributed by atoms with van der Waals surface area (Å²) in [7, 11) is 0. The number of nitrogens with zero attached hydrogens (tertiary/aromatic N) is 2. The van der Waals surface area contributed by atoms with Gasteiger partial charge in [-0.25, -0.2) is 13.8 Å². The van der Waals surface area contributed by atoms with E-state index in [9.17, 15) is 18.4 Å². The van der Waals surface area contributed by atoms with E-state index in [2.05, 4.69) is 15.3 Å². The summed E-state index contributed by atoms with van der Waals surface area (Å²) in [6.45, 7) is 0. The fraction of sp³-hybridized carbons (Fsp3) is 0. The number of nitrogens with one attached hydrogen (secondary N) is 1. The van der Waals surface area contributed by atoms with E-state index in [-0.39, 0.29) is 22.5 Å². The van der Waals surface area contributed by atoms with Crippen LogP contribution in [-0.2, 0) is 0 Å². The van der Waals surface area contributed by atoms with Gasteiger partial charge in [0, 0.05) is 23.0 Å². The number of anilines is 1. The van der Waals surface area contributed by atoms with E-state index < -0.39 is 23.3 Å². The van der Waals surface area contributed by atoms with Crippen LogP contribution in [0.3, 0.4) is 0 Å². The highest BCUT2D eigenvalue weighted by molar-refractivity contribution is 6.10. The molecule has 29 heavy (non-hydrogen) atoms. The van der Waals surface area contributed by atoms with Crippen molar-refractivity contribution in [3.63, 3.8) is 0 Å². The molecule has 4 rings (SSSR count). The van der Waals surface area contributed by atoms with Crippen molar-refractivity contribution in [2.75, 3.05) is 5.32 Å². The van der Waals surface area contributed by atoms with Crippen LogP contribution in [0.25, 0.3) is 11.0 Å². The van der Waals surface area contributed by atoms with Gasteiger partial charge in [0.1, 0.15) is 17.3 Å². The molecule has 2 aromatic heterocycles. The zero-order valence-corrected chi connectivity index (χ0v) is 14.9. The summed E-state index contributed by atoms with van der Waals surface area (Å²) < 4.78 is 27.4. The van der Waals surface area contributed by atoms with Gasteiger partial charge in [0.15, 0.2) is 0 Å². The van der Waals surface area contributed by atoms with Gasteiger partial charge in [-0.1, -0.05) is 6.07 Å². The molecule has 0 atom stereocenters. The van der Waals surface area contributed by atoms with E-state index in [0.717, 1.165) is 18.2 Å². The minimum atomic E-state index is -0.701. The lowest BCUT2D eigenvalue weighted by Gasteiger charge is -2.08. The Morgan fingerprint density at radius 3 is 2.45 bits per heavy atom. The Kier molecular flexibility index (Phi) is 4.78. The van der Waals surface area contributed by atoms with Gasteiger partial charge >= 0.3 is 0 Å². The first kappa shape index (κ1) is 18.4. The molecule has 2 aromatic carbocycles. The molecule has 142 valence electrons. The number of hydrogen-bond donors (Lipinski definition) is 1. The molecule has 4 aromatic rings. The second kappa shape index (κ2) is 7.55. The number of halogens is 2. The van der Waals surface area contributed by atoms with Gasteiger partial charge < -0.3 is 5.32 Å². The Bertz CT molecular complexity index is 1260. The Balaban J connectivity index is 1.63. The van der Waals surface area contributed by atoms with Crippen LogP contribution in [0.5, 0.6) is 0 Å². The van der Waals surface area contributed by atoms with Crippen molar-refractivity contribution in [2.45, 2.75) is 0 Å². The van der Waals surface area contributed by atoms with Crippen LogP contribution in [0, 0.1) is 11.6 Å². The number of rotatable bonds is 4. The first-order chi connectivity index (χ1) is 14.0. The number of carbonyl (C=O) groups is 2. The number of fused-ring (bicyclic) bond motifs is 1. The number of pyridine rings is 2. The predicted molar refractivity (Wildman–Crippen MR) is 104 cm³/mol. The van der Waals surface area contributed by atoms with Crippen LogP contribution >= 0.6 is 0 Å². The van der Waals surface area contributed by atoms with E-state index in [1.807, 2.05) is 0 Å². The van der Waals surface area contributed by atoms with Crippen molar-refractivity contribution in [2.24, 2.45) is 0 Å². The molecule has 0 aliphatic rings. The Morgan fingerprint density at radius 2 is 1.62 bits per heavy atom. The van der Waals surface area contributed by atoms with Crippen LogP contribution in [0.15, 0.2) is 72.9 Å². The highest BCUT2D eigenvalue weighted by Gasteiger charge is 2.15. The molecule has 0 saturated heterocycles. The lowest BCUT2D eigenvalue weighted by Crippen LogP contribution is -2.13. The van der Waals surface area contributed by atoms with Crippen molar-refractivity contribution in [3.8, 4) is 0 Å². The molecule has 0 radical (unpaired) electrons. The Labute approximate surface area is 164 Å².